The summed E-state index contributed by atoms with van der Waals surface area (Å²) in [6, 6.07) is 0. The van der Waals surface area contributed by atoms with Crippen molar-refractivity contribution < 1.29 is 9.59 Å². The summed E-state index contributed by atoms with van der Waals surface area (Å²) in [5.74, 6) is 2.75. The van der Waals surface area contributed by atoms with Crippen LogP contribution in [0, 0.1) is 34.5 Å². The van der Waals surface area contributed by atoms with E-state index in [1.165, 1.54) is 0 Å². The van der Waals surface area contributed by atoms with Gasteiger partial charge in [0.15, 0.2) is 11.6 Å². The summed E-state index contributed by atoms with van der Waals surface area (Å²) in [6.45, 7) is 17.5. The second-order valence-electron chi connectivity index (χ2n) is 10.6. The highest BCUT2D eigenvalue weighted by Crippen LogP contribution is 2.58. The number of carbonyl (C=O) groups is 2. The Hall–Kier alpha value is -0.660. The summed E-state index contributed by atoms with van der Waals surface area (Å²) in [5, 5.41) is 0. The first-order valence-electron chi connectivity index (χ1n) is 11.1. The molecule has 0 aromatic carbocycles. The lowest BCUT2D eigenvalue weighted by Crippen LogP contribution is -2.67. The molecular weight excluding hydrogens is 320 g/mol. The fourth-order valence-electron chi connectivity index (χ4n) is 4.36. The molecule has 2 nitrogen and oxygen atoms in total. The van der Waals surface area contributed by atoms with Gasteiger partial charge in [-0.1, -0.05) is 55.4 Å². The van der Waals surface area contributed by atoms with E-state index in [1.807, 2.05) is 0 Å². The Balaban J connectivity index is 3.09. The molecule has 0 spiro atoms. The van der Waals surface area contributed by atoms with Gasteiger partial charge in [-0.05, 0) is 75.0 Å². The number of Topliss-reactive ketones (excluding diaryl/α,β-unsaturated/α-hetero) is 2. The van der Waals surface area contributed by atoms with Crippen LogP contribution in [0.2, 0.25) is 0 Å². The average molecular weight is 365 g/mol. The third-order valence-corrected chi connectivity index (χ3v) is 6.33. The Kier molecular flexibility index (Phi) is 8.55. The summed E-state index contributed by atoms with van der Waals surface area (Å²) in [5.41, 5.74) is -1.33. The number of ketones is 2. The van der Waals surface area contributed by atoms with Crippen LogP contribution in [-0.4, -0.2) is 11.6 Å². The highest BCUT2D eigenvalue weighted by molar-refractivity contribution is 6.30. The van der Waals surface area contributed by atoms with Gasteiger partial charge in [-0.3, -0.25) is 9.59 Å². The molecule has 0 bridgehead atoms. The molecule has 0 aromatic rings. The van der Waals surface area contributed by atoms with Gasteiger partial charge in [-0.25, -0.2) is 0 Å². The van der Waals surface area contributed by atoms with Crippen LogP contribution in [0.5, 0.6) is 0 Å². The highest BCUT2D eigenvalue weighted by Gasteiger charge is 2.69. The fourth-order valence-corrected chi connectivity index (χ4v) is 4.36. The lowest BCUT2D eigenvalue weighted by Gasteiger charge is -2.54. The molecule has 1 aliphatic carbocycles. The number of hydrogen-bond donors (Lipinski definition) is 0. The van der Waals surface area contributed by atoms with Crippen LogP contribution >= 0.6 is 0 Å². The van der Waals surface area contributed by atoms with Crippen LogP contribution in [0.15, 0.2) is 0 Å². The van der Waals surface area contributed by atoms with Crippen LogP contribution in [0.4, 0.5) is 0 Å². The Morgan fingerprint density at radius 2 is 0.692 bits per heavy atom. The number of rotatable bonds is 12. The third kappa shape index (κ3) is 5.20. The van der Waals surface area contributed by atoms with Crippen LogP contribution in [0.25, 0.3) is 0 Å². The van der Waals surface area contributed by atoms with Gasteiger partial charge >= 0.3 is 0 Å². The number of carbonyl (C=O) groups excluding carboxylic acids is 2. The molecule has 0 N–H and O–H groups in total. The van der Waals surface area contributed by atoms with E-state index in [0.29, 0.717) is 35.2 Å². The normalized spacial score (nSPS) is 19.1. The maximum Gasteiger partial charge on any atom is 0.159 e. The van der Waals surface area contributed by atoms with Gasteiger partial charge in [0.05, 0.1) is 10.8 Å². The molecule has 0 heterocycles. The van der Waals surface area contributed by atoms with Gasteiger partial charge in [-0.2, -0.15) is 0 Å². The van der Waals surface area contributed by atoms with Crippen LogP contribution in [-0.2, 0) is 9.59 Å². The van der Waals surface area contributed by atoms with E-state index in [1.54, 1.807) is 0 Å². The van der Waals surface area contributed by atoms with Crippen LogP contribution in [0.1, 0.15) is 107 Å². The van der Waals surface area contributed by atoms with E-state index in [4.69, 9.17) is 0 Å². The molecule has 1 saturated carbocycles. The topological polar surface area (TPSA) is 34.1 Å². The average Bonchev–Trinajstić information content (AvgIpc) is 2.54. The van der Waals surface area contributed by atoms with Crippen molar-refractivity contribution in [3.63, 3.8) is 0 Å². The van der Waals surface area contributed by atoms with E-state index in [0.717, 1.165) is 51.4 Å². The van der Waals surface area contributed by atoms with Gasteiger partial charge < -0.3 is 0 Å². The molecule has 2 heteroatoms. The SMILES string of the molecule is CC(C)CCC1(CCC(C)C)C(=O)C(CCC(C)C)(CCC(C)C)C1=O. The van der Waals surface area contributed by atoms with Crippen molar-refractivity contribution in [3.8, 4) is 0 Å². The second-order valence-corrected chi connectivity index (χ2v) is 10.6. The lowest BCUT2D eigenvalue weighted by molar-refractivity contribution is -0.175. The van der Waals surface area contributed by atoms with Gasteiger partial charge in [0, 0.05) is 0 Å². The van der Waals surface area contributed by atoms with Crippen molar-refractivity contribution in [2.24, 2.45) is 34.5 Å². The molecule has 152 valence electrons. The molecule has 0 atom stereocenters. The molecule has 0 aromatic heterocycles. The minimum absolute atomic E-state index is 0.303. The highest BCUT2D eigenvalue weighted by atomic mass is 16.2. The molecule has 1 fully saturated rings. The van der Waals surface area contributed by atoms with Crippen molar-refractivity contribution in [2.45, 2.75) is 107 Å². The summed E-state index contributed by atoms with van der Waals surface area (Å²) in [7, 11) is 0. The molecule has 0 unspecified atom stereocenters. The standard InChI is InChI=1S/C24H44O2/c1-17(2)9-13-23(14-10-18(3)4)21(25)24(22(23)26,15-11-19(5)6)16-12-20(7)8/h17-20H,9-16H2,1-8H3. The maximum atomic E-state index is 13.6. The molecule has 0 amide bonds. The van der Waals surface area contributed by atoms with E-state index in [2.05, 4.69) is 55.4 Å². The zero-order chi connectivity index (χ0) is 20.1. The molecule has 0 radical (unpaired) electrons. The van der Waals surface area contributed by atoms with Crippen molar-refractivity contribution in [1.82, 2.24) is 0 Å². The molecular formula is C24H44O2. The summed E-state index contributed by atoms with van der Waals surface area (Å²) in [6.07, 6.45) is 6.95. The summed E-state index contributed by atoms with van der Waals surface area (Å²) in [4.78, 5) is 27.3. The fraction of sp³-hybridized carbons (Fsp3) is 0.917. The minimum atomic E-state index is -0.664. The molecule has 26 heavy (non-hydrogen) atoms. The van der Waals surface area contributed by atoms with E-state index >= 15 is 0 Å². The smallest absolute Gasteiger partial charge is 0.159 e. The lowest BCUT2D eigenvalue weighted by atomic mass is 9.44. The van der Waals surface area contributed by atoms with Gasteiger partial charge in [0.2, 0.25) is 0 Å². The molecule has 0 aliphatic heterocycles. The minimum Gasteiger partial charge on any atom is -0.297 e. The zero-order valence-corrected chi connectivity index (χ0v) is 18.8. The van der Waals surface area contributed by atoms with Crippen molar-refractivity contribution >= 4 is 11.6 Å². The van der Waals surface area contributed by atoms with Crippen molar-refractivity contribution in [1.29, 1.82) is 0 Å². The third-order valence-electron chi connectivity index (χ3n) is 6.33. The Bertz CT molecular complexity index is 387. The van der Waals surface area contributed by atoms with Crippen LogP contribution in [0.3, 0.4) is 0 Å². The van der Waals surface area contributed by atoms with Gasteiger partial charge in [0.1, 0.15) is 0 Å². The maximum absolute atomic E-state index is 13.6. The first-order chi connectivity index (χ1) is 12.0. The Morgan fingerprint density at radius 3 is 0.846 bits per heavy atom. The first kappa shape index (κ1) is 23.4. The van der Waals surface area contributed by atoms with Gasteiger partial charge in [-0.15, -0.1) is 0 Å². The quantitative estimate of drug-likeness (QED) is 0.355. The Labute approximate surface area is 162 Å². The van der Waals surface area contributed by atoms with Crippen LogP contribution < -0.4 is 0 Å². The van der Waals surface area contributed by atoms with E-state index in [-0.39, 0.29) is 0 Å². The predicted molar refractivity (Wildman–Crippen MR) is 111 cm³/mol. The first-order valence-corrected chi connectivity index (χ1v) is 11.1. The predicted octanol–water partition coefficient (Wildman–Crippen LogP) is 6.86. The molecule has 0 saturated heterocycles. The van der Waals surface area contributed by atoms with Crippen molar-refractivity contribution in [2.75, 3.05) is 0 Å². The second kappa shape index (κ2) is 9.51. The number of hydrogen-bond acceptors (Lipinski definition) is 2. The van der Waals surface area contributed by atoms with E-state index < -0.39 is 10.8 Å². The summed E-state index contributed by atoms with van der Waals surface area (Å²) < 4.78 is 0. The van der Waals surface area contributed by atoms with E-state index in [9.17, 15) is 9.59 Å². The molecule has 1 rings (SSSR count). The monoisotopic (exact) mass is 364 g/mol. The molecule has 1 aliphatic rings. The Morgan fingerprint density at radius 1 is 0.500 bits per heavy atom. The summed E-state index contributed by atoms with van der Waals surface area (Å²) >= 11 is 0. The largest absolute Gasteiger partial charge is 0.297 e. The van der Waals surface area contributed by atoms with Gasteiger partial charge in [0.25, 0.3) is 0 Å². The zero-order valence-electron chi connectivity index (χ0n) is 18.8. The van der Waals surface area contributed by atoms with Crippen molar-refractivity contribution in [3.05, 3.63) is 0 Å².